The average molecular weight is 449 g/mol. The van der Waals surface area contributed by atoms with Crippen molar-refractivity contribution in [1.82, 2.24) is 0 Å². The number of benzene rings is 1. The second kappa shape index (κ2) is 11.5. The number of halogens is 1. The van der Waals surface area contributed by atoms with Gasteiger partial charge >= 0.3 is 5.97 Å². The molecule has 0 amide bonds. The molecule has 168 valence electrons. The number of carbonyl (C=O) groups is 2. The zero-order valence-corrected chi connectivity index (χ0v) is 18.7. The van der Waals surface area contributed by atoms with E-state index in [0.29, 0.717) is 31.4 Å². The summed E-state index contributed by atoms with van der Waals surface area (Å²) < 4.78 is 22.7. The van der Waals surface area contributed by atoms with Crippen molar-refractivity contribution in [3.05, 3.63) is 52.6 Å². The van der Waals surface area contributed by atoms with Gasteiger partial charge in [0.25, 0.3) is 0 Å². The molecule has 0 N–H and O–H groups in total. The van der Waals surface area contributed by atoms with Crippen molar-refractivity contribution in [3.8, 4) is 5.75 Å². The molecule has 3 atom stereocenters. The van der Waals surface area contributed by atoms with E-state index in [2.05, 4.69) is 0 Å². The molecule has 0 radical (unpaired) electrons. The smallest absolute Gasteiger partial charge is 0.314 e. The van der Waals surface area contributed by atoms with Crippen molar-refractivity contribution in [2.75, 3.05) is 13.7 Å². The van der Waals surface area contributed by atoms with Crippen LogP contribution >= 0.6 is 11.6 Å². The molecule has 3 rings (SSSR count). The summed E-state index contributed by atoms with van der Waals surface area (Å²) in [5.41, 5.74) is 1.54. The van der Waals surface area contributed by atoms with Crippen LogP contribution in [-0.4, -0.2) is 43.8 Å². The van der Waals surface area contributed by atoms with Gasteiger partial charge in [-0.25, -0.2) is 0 Å². The predicted octanol–water partition coefficient (Wildman–Crippen LogP) is 4.49. The molecule has 0 aromatic heterocycles. The summed E-state index contributed by atoms with van der Waals surface area (Å²) in [5, 5.41) is 0.741. The molecule has 2 aliphatic rings. The maximum Gasteiger partial charge on any atom is 0.314 e. The van der Waals surface area contributed by atoms with Gasteiger partial charge in [0.1, 0.15) is 24.4 Å². The zero-order chi connectivity index (χ0) is 22.2. The Morgan fingerprint density at radius 2 is 1.94 bits per heavy atom. The highest BCUT2D eigenvalue weighted by Gasteiger charge is 2.38. The van der Waals surface area contributed by atoms with E-state index >= 15 is 0 Å². The van der Waals surface area contributed by atoms with Gasteiger partial charge in [-0.1, -0.05) is 35.9 Å². The fourth-order valence-corrected chi connectivity index (χ4v) is 3.83. The summed E-state index contributed by atoms with van der Waals surface area (Å²) in [4.78, 5) is 24.6. The standard InChI is InChI=1S/C24H29ClO6/c1-16-4-3-5-18(25)8-11-20-12-22(31-24(27)13-21(16)26)23(30-20)15-29-14-17-6-9-19(28-2)10-7-17/h4-7,9-10,20,22-23H,3,8,11-15H2,1-2H3/b16-4?,18-5-/t20-,22-,23-/m1/s1. The number of esters is 1. The molecule has 7 heteroatoms. The van der Waals surface area contributed by atoms with Crippen LogP contribution in [0.3, 0.4) is 0 Å². The molecule has 1 fully saturated rings. The van der Waals surface area contributed by atoms with Crippen LogP contribution in [0.2, 0.25) is 0 Å². The predicted molar refractivity (Wildman–Crippen MR) is 117 cm³/mol. The minimum Gasteiger partial charge on any atom is -0.497 e. The molecule has 1 saturated heterocycles. The second-order valence-electron chi connectivity index (χ2n) is 7.84. The Morgan fingerprint density at radius 3 is 2.68 bits per heavy atom. The Labute approximate surface area is 188 Å². The van der Waals surface area contributed by atoms with Crippen LogP contribution < -0.4 is 4.74 Å². The number of allylic oxidation sites excluding steroid dienone is 4. The lowest BCUT2D eigenvalue weighted by atomic mass is 10.1. The van der Waals surface area contributed by atoms with E-state index in [9.17, 15) is 9.59 Å². The van der Waals surface area contributed by atoms with Crippen LogP contribution in [-0.2, 0) is 30.4 Å². The number of ketones is 1. The Bertz CT molecular complexity index is 829. The van der Waals surface area contributed by atoms with E-state index in [0.717, 1.165) is 22.8 Å². The van der Waals surface area contributed by atoms with Crippen LogP contribution in [0.4, 0.5) is 0 Å². The third-order valence-corrected chi connectivity index (χ3v) is 5.83. The maximum absolute atomic E-state index is 12.3. The van der Waals surface area contributed by atoms with Crippen LogP contribution in [0.25, 0.3) is 0 Å². The van der Waals surface area contributed by atoms with Gasteiger partial charge in [-0.15, -0.1) is 0 Å². The largest absolute Gasteiger partial charge is 0.497 e. The first-order chi connectivity index (χ1) is 14.9. The number of methoxy groups -OCH3 is 1. The molecule has 0 aliphatic carbocycles. The highest BCUT2D eigenvalue weighted by atomic mass is 35.5. The average Bonchev–Trinajstić information content (AvgIpc) is 3.13. The monoisotopic (exact) mass is 448 g/mol. The lowest BCUT2D eigenvalue weighted by molar-refractivity contribution is -0.154. The number of ether oxygens (including phenoxy) is 4. The Balaban J connectivity index is 1.62. The van der Waals surface area contributed by atoms with Crippen molar-refractivity contribution in [2.45, 2.75) is 63.9 Å². The van der Waals surface area contributed by atoms with Crippen LogP contribution in [0, 0.1) is 0 Å². The lowest BCUT2D eigenvalue weighted by Crippen LogP contribution is -2.31. The number of fused-ring (bicyclic) bond motifs is 2. The molecule has 2 bridgehead atoms. The third kappa shape index (κ3) is 7.20. The molecule has 2 aliphatic heterocycles. The van der Waals surface area contributed by atoms with Gasteiger partial charge in [-0.3, -0.25) is 9.59 Å². The van der Waals surface area contributed by atoms with Gasteiger partial charge in [0, 0.05) is 11.5 Å². The summed E-state index contributed by atoms with van der Waals surface area (Å²) in [5.74, 6) is 0.0149. The van der Waals surface area contributed by atoms with Crippen LogP contribution in [0.5, 0.6) is 5.75 Å². The molecular formula is C24H29ClO6. The molecule has 1 aromatic rings. The topological polar surface area (TPSA) is 71.1 Å². The molecule has 2 heterocycles. The van der Waals surface area contributed by atoms with Gasteiger partial charge in [0.05, 0.1) is 26.4 Å². The van der Waals surface area contributed by atoms with Gasteiger partial charge in [-0.05, 0) is 49.5 Å². The van der Waals surface area contributed by atoms with Crippen molar-refractivity contribution in [1.29, 1.82) is 0 Å². The third-order valence-electron chi connectivity index (χ3n) is 5.48. The van der Waals surface area contributed by atoms with Crippen LogP contribution in [0.1, 0.15) is 44.6 Å². The molecule has 31 heavy (non-hydrogen) atoms. The fourth-order valence-electron chi connectivity index (χ4n) is 3.63. The Kier molecular flexibility index (Phi) is 8.69. The van der Waals surface area contributed by atoms with E-state index in [1.165, 1.54) is 0 Å². The molecular weight excluding hydrogens is 420 g/mol. The van der Waals surface area contributed by atoms with E-state index in [1.807, 2.05) is 30.3 Å². The summed E-state index contributed by atoms with van der Waals surface area (Å²) >= 11 is 6.31. The first kappa shape index (κ1) is 23.5. The van der Waals surface area contributed by atoms with E-state index in [1.54, 1.807) is 20.1 Å². The number of carbonyl (C=O) groups excluding carboxylic acids is 2. The van der Waals surface area contributed by atoms with Crippen molar-refractivity contribution in [2.24, 2.45) is 0 Å². The Hall–Kier alpha value is -2.15. The highest BCUT2D eigenvalue weighted by molar-refractivity contribution is 6.29. The molecule has 1 aromatic carbocycles. The number of Topliss-reactive ketones (excluding diaryl/α,β-unsaturated/α-hetero) is 1. The van der Waals surface area contributed by atoms with Crippen molar-refractivity contribution in [3.63, 3.8) is 0 Å². The Morgan fingerprint density at radius 1 is 1.16 bits per heavy atom. The molecule has 6 nitrogen and oxygen atoms in total. The van der Waals surface area contributed by atoms with Gasteiger partial charge < -0.3 is 18.9 Å². The van der Waals surface area contributed by atoms with Gasteiger partial charge in [0.15, 0.2) is 5.78 Å². The number of hydrogen-bond donors (Lipinski definition) is 0. The highest BCUT2D eigenvalue weighted by Crippen LogP contribution is 2.29. The summed E-state index contributed by atoms with van der Waals surface area (Å²) in [6.07, 6.45) is 5.02. The van der Waals surface area contributed by atoms with Crippen molar-refractivity contribution < 1.29 is 28.5 Å². The molecule has 0 unspecified atom stereocenters. The van der Waals surface area contributed by atoms with Gasteiger partial charge in [0.2, 0.25) is 0 Å². The normalized spacial score (nSPS) is 27.0. The van der Waals surface area contributed by atoms with Crippen molar-refractivity contribution >= 4 is 23.4 Å². The number of hydrogen-bond acceptors (Lipinski definition) is 6. The first-order valence-electron chi connectivity index (χ1n) is 10.5. The number of rotatable bonds is 5. The maximum atomic E-state index is 12.3. The quantitative estimate of drug-likeness (QED) is 0.488. The summed E-state index contributed by atoms with van der Waals surface area (Å²) in [6, 6.07) is 7.63. The first-order valence-corrected chi connectivity index (χ1v) is 10.9. The summed E-state index contributed by atoms with van der Waals surface area (Å²) in [6.45, 7) is 2.40. The fraction of sp³-hybridized carbons (Fsp3) is 0.500. The zero-order valence-electron chi connectivity index (χ0n) is 18.0. The molecule has 0 spiro atoms. The SMILES string of the molecule is COc1ccc(COC[C@H]2O[C@@H]3CC/C(Cl)=C/CC=C(C)C(=O)CC(=O)O[C@@H]2C3)cc1. The van der Waals surface area contributed by atoms with E-state index in [-0.39, 0.29) is 31.0 Å². The lowest BCUT2D eigenvalue weighted by Gasteiger charge is -2.19. The van der Waals surface area contributed by atoms with E-state index in [4.69, 9.17) is 30.5 Å². The minimum absolute atomic E-state index is 0.0783. The second-order valence-corrected chi connectivity index (χ2v) is 8.32. The minimum atomic E-state index is -0.530. The van der Waals surface area contributed by atoms with Crippen LogP contribution in [0.15, 0.2) is 47.0 Å². The van der Waals surface area contributed by atoms with Gasteiger partial charge in [-0.2, -0.15) is 0 Å². The summed E-state index contributed by atoms with van der Waals surface area (Å²) in [7, 11) is 1.62. The van der Waals surface area contributed by atoms with E-state index < -0.39 is 12.1 Å². The molecule has 0 saturated carbocycles.